The third-order valence-electron chi connectivity index (χ3n) is 2.53. The van der Waals surface area contributed by atoms with Gasteiger partial charge in [-0.3, -0.25) is 4.98 Å². The summed E-state index contributed by atoms with van der Waals surface area (Å²) in [5, 5.41) is 3.16. The lowest BCUT2D eigenvalue weighted by Crippen LogP contribution is -2.41. The molecule has 0 fully saturated rings. The highest BCUT2D eigenvalue weighted by molar-refractivity contribution is 5.80. The zero-order valence-electron chi connectivity index (χ0n) is 11.1. The average Bonchev–Trinajstić information content (AvgIpc) is 2.25. The number of aryl methyl sites for hydroxylation is 1. The molecule has 0 amide bonds. The summed E-state index contributed by atoms with van der Waals surface area (Å²) in [6.45, 7) is 7.89. The van der Waals surface area contributed by atoms with Crippen molar-refractivity contribution in [3.63, 3.8) is 0 Å². The summed E-state index contributed by atoms with van der Waals surface area (Å²) in [6.07, 6.45) is 1.72. The highest BCUT2D eigenvalue weighted by Gasteiger charge is 2.32. The lowest BCUT2D eigenvalue weighted by molar-refractivity contribution is -0.143. The van der Waals surface area contributed by atoms with Crippen molar-refractivity contribution in [3.8, 4) is 0 Å². The highest BCUT2D eigenvalue weighted by Crippen LogP contribution is 2.24. The number of esters is 1. The van der Waals surface area contributed by atoms with Crippen molar-refractivity contribution in [2.75, 3.05) is 12.4 Å². The first kappa shape index (κ1) is 13.5. The Morgan fingerprint density at radius 1 is 1.41 bits per heavy atom. The molecule has 94 valence electrons. The Morgan fingerprint density at radius 3 is 2.47 bits per heavy atom. The minimum Gasteiger partial charge on any atom is -0.467 e. The minimum absolute atomic E-state index is 0.224. The van der Waals surface area contributed by atoms with E-state index in [1.807, 2.05) is 39.8 Å². The van der Waals surface area contributed by atoms with Crippen molar-refractivity contribution in [2.24, 2.45) is 5.41 Å². The Balaban J connectivity index is 2.87. The Labute approximate surface area is 102 Å². The summed E-state index contributed by atoms with van der Waals surface area (Å²) < 4.78 is 4.81. The van der Waals surface area contributed by atoms with Crippen LogP contribution in [0, 0.1) is 12.3 Å². The molecule has 1 N–H and O–H groups in total. The Hall–Kier alpha value is -1.58. The molecule has 0 radical (unpaired) electrons. The summed E-state index contributed by atoms with van der Waals surface area (Å²) in [6, 6.07) is 3.42. The van der Waals surface area contributed by atoms with Crippen molar-refractivity contribution in [3.05, 3.63) is 24.0 Å². The number of nitrogens with one attached hydrogen (secondary N) is 1. The van der Waals surface area contributed by atoms with Crippen LogP contribution < -0.4 is 5.32 Å². The van der Waals surface area contributed by atoms with E-state index >= 15 is 0 Å². The van der Waals surface area contributed by atoms with Gasteiger partial charge in [-0.05, 0) is 24.5 Å². The van der Waals surface area contributed by atoms with E-state index in [9.17, 15) is 4.79 Å². The summed E-state index contributed by atoms with van der Waals surface area (Å²) in [5.74, 6) is -0.266. The van der Waals surface area contributed by atoms with Gasteiger partial charge >= 0.3 is 5.97 Å². The number of nitrogens with zero attached hydrogens (tertiary/aromatic N) is 1. The van der Waals surface area contributed by atoms with Gasteiger partial charge in [0.05, 0.1) is 19.0 Å². The fraction of sp³-hybridized carbons (Fsp3) is 0.538. The van der Waals surface area contributed by atoms with Crippen molar-refractivity contribution in [2.45, 2.75) is 33.7 Å². The van der Waals surface area contributed by atoms with Gasteiger partial charge in [0, 0.05) is 5.69 Å². The standard InChI is InChI=1S/C13H20N2O2/c1-9-6-7-10(8-14-9)15-11(12(16)17-5)13(2,3)4/h6-8,11,15H,1-5H3. The molecule has 17 heavy (non-hydrogen) atoms. The number of rotatable bonds is 3. The Morgan fingerprint density at radius 2 is 2.06 bits per heavy atom. The van der Waals surface area contributed by atoms with Gasteiger partial charge in [-0.15, -0.1) is 0 Å². The maximum absolute atomic E-state index is 11.7. The van der Waals surface area contributed by atoms with E-state index in [0.29, 0.717) is 0 Å². The second-order valence-electron chi connectivity index (χ2n) is 5.15. The molecule has 4 nitrogen and oxygen atoms in total. The van der Waals surface area contributed by atoms with Gasteiger partial charge in [-0.1, -0.05) is 20.8 Å². The summed E-state index contributed by atoms with van der Waals surface area (Å²) in [4.78, 5) is 15.9. The molecule has 0 saturated carbocycles. The van der Waals surface area contributed by atoms with Crippen LogP contribution in [0.15, 0.2) is 18.3 Å². The van der Waals surface area contributed by atoms with Gasteiger partial charge in [0.25, 0.3) is 0 Å². The van der Waals surface area contributed by atoms with Gasteiger partial charge in [0.1, 0.15) is 6.04 Å². The smallest absolute Gasteiger partial charge is 0.328 e. The summed E-state index contributed by atoms with van der Waals surface area (Å²) >= 11 is 0. The van der Waals surface area contributed by atoms with E-state index in [1.165, 1.54) is 7.11 Å². The maximum Gasteiger partial charge on any atom is 0.328 e. The number of carbonyl (C=O) groups excluding carboxylic acids is 1. The lowest BCUT2D eigenvalue weighted by Gasteiger charge is -2.29. The fourth-order valence-electron chi connectivity index (χ4n) is 1.47. The van der Waals surface area contributed by atoms with Crippen molar-refractivity contribution in [1.82, 2.24) is 4.98 Å². The predicted molar refractivity (Wildman–Crippen MR) is 67.9 cm³/mol. The molecule has 0 spiro atoms. The molecule has 1 rings (SSSR count). The van der Waals surface area contributed by atoms with Crippen LogP contribution in [0.4, 0.5) is 5.69 Å². The van der Waals surface area contributed by atoms with E-state index in [-0.39, 0.29) is 11.4 Å². The summed E-state index contributed by atoms with van der Waals surface area (Å²) in [5.41, 5.74) is 1.54. The molecular weight excluding hydrogens is 216 g/mol. The van der Waals surface area contributed by atoms with Gasteiger partial charge in [0.15, 0.2) is 0 Å². The molecule has 4 heteroatoms. The van der Waals surface area contributed by atoms with E-state index in [4.69, 9.17) is 4.74 Å². The first-order valence-electron chi connectivity index (χ1n) is 5.61. The van der Waals surface area contributed by atoms with Crippen LogP contribution in [0.3, 0.4) is 0 Å². The third-order valence-corrected chi connectivity index (χ3v) is 2.53. The Bertz CT molecular complexity index is 379. The molecule has 0 aliphatic heterocycles. The number of hydrogen-bond acceptors (Lipinski definition) is 4. The number of methoxy groups -OCH3 is 1. The van der Waals surface area contributed by atoms with Crippen LogP contribution in [0.25, 0.3) is 0 Å². The minimum atomic E-state index is -0.392. The fourth-order valence-corrected chi connectivity index (χ4v) is 1.47. The largest absolute Gasteiger partial charge is 0.467 e. The van der Waals surface area contributed by atoms with Crippen LogP contribution in [0.1, 0.15) is 26.5 Å². The van der Waals surface area contributed by atoms with Crippen LogP contribution in [-0.4, -0.2) is 24.1 Å². The topological polar surface area (TPSA) is 51.2 Å². The van der Waals surface area contributed by atoms with Crippen LogP contribution >= 0.6 is 0 Å². The normalized spacial score (nSPS) is 13.0. The second-order valence-corrected chi connectivity index (χ2v) is 5.15. The molecule has 0 aliphatic rings. The summed E-state index contributed by atoms with van der Waals surface area (Å²) in [7, 11) is 1.40. The third kappa shape index (κ3) is 3.73. The van der Waals surface area contributed by atoms with Gasteiger partial charge in [0.2, 0.25) is 0 Å². The molecule has 1 aromatic rings. The van der Waals surface area contributed by atoms with E-state index in [2.05, 4.69) is 10.3 Å². The van der Waals surface area contributed by atoms with E-state index in [0.717, 1.165) is 11.4 Å². The lowest BCUT2D eigenvalue weighted by atomic mass is 9.86. The molecule has 1 atom stereocenters. The number of anilines is 1. The van der Waals surface area contributed by atoms with Crippen LogP contribution in [0.2, 0.25) is 0 Å². The van der Waals surface area contributed by atoms with E-state index in [1.54, 1.807) is 6.20 Å². The van der Waals surface area contributed by atoms with E-state index < -0.39 is 6.04 Å². The van der Waals surface area contributed by atoms with Gasteiger partial charge < -0.3 is 10.1 Å². The number of pyridine rings is 1. The van der Waals surface area contributed by atoms with Crippen LogP contribution in [0.5, 0.6) is 0 Å². The SMILES string of the molecule is COC(=O)C(Nc1ccc(C)nc1)C(C)(C)C. The first-order valence-corrected chi connectivity index (χ1v) is 5.61. The number of ether oxygens (including phenoxy) is 1. The maximum atomic E-state index is 11.7. The molecule has 0 aliphatic carbocycles. The predicted octanol–water partition coefficient (Wildman–Crippen LogP) is 2.39. The van der Waals surface area contributed by atoms with Crippen molar-refractivity contribution < 1.29 is 9.53 Å². The second kappa shape index (κ2) is 5.17. The number of hydrogen-bond donors (Lipinski definition) is 1. The van der Waals surface area contributed by atoms with Gasteiger partial charge in [-0.2, -0.15) is 0 Å². The van der Waals surface area contributed by atoms with Gasteiger partial charge in [-0.25, -0.2) is 4.79 Å². The number of carbonyl (C=O) groups is 1. The zero-order valence-corrected chi connectivity index (χ0v) is 11.1. The zero-order chi connectivity index (χ0) is 13.1. The molecule has 0 saturated heterocycles. The molecule has 1 unspecified atom stereocenters. The van der Waals surface area contributed by atoms with Crippen molar-refractivity contribution >= 4 is 11.7 Å². The molecule has 0 aromatic carbocycles. The molecule has 1 heterocycles. The molecule has 0 bridgehead atoms. The quantitative estimate of drug-likeness (QED) is 0.819. The van der Waals surface area contributed by atoms with Crippen molar-refractivity contribution in [1.29, 1.82) is 0 Å². The Kier molecular flexibility index (Phi) is 4.10. The molecular formula is C13H20N2O2. The first-order chi connectivity index (χ1) is 7.84. The monoisotopic (exact) mass is 236 g/mol. The van der Waals surface area contributed by atoms with Crippen LogP contribution in [-0.2, 0) is 9.53 Å². The average molecular weight is 236 g/mol. The molecule has 1 aromatic heterocycles. The number of aromatic nitrogens is 1. The highest BCUT2D eigenvalue weighted by atomic mass is 16.5.